The summed E-state index contributed by atoms with van der Waals surface area (Å²) in [6.45, 7) is -0.0227. The number of hydrogen-bond donors (Lipinski definition) is 1. The van der Waals surface area contributed by atoms with Crippen molar-refractivity contribution < 1.29 is 14.2 Å². The van der Waals surface area contributed by atoms with Crippen LogP contribution in [-0.2, 0) is 4.74 Å². The molecule has 0 aromatic heterocycles. The topological polar surface area (TPSA) is 29.5 Å². The highest BCUT2D eigenvalue weighted by Crippen LogP contribution is 1.94. The third-order valence-corrected chi connectivity index (χ3v) is 0.833. The third kappa shape index (κ3) is 4.02. The summed E-state index contributed by atoms with van der Waals surface area (Å²) in [4.78, 5) is 0. The van der Waals surface area contributed by atoms with Gasteiger partial charge in [-0.3, -0.25) is 0 Å². The molecule has 0 bridgehead atoms. The minimum atomic E-state index is -1.12. The van der Waals surface area contributed by atoms with Crippen molar-refractivity contribution in [3.63, 3.8) is 0 Å². The van der Waals surface area contributed by atoms with Crippen molar-refractivity contribution in [1.82, 2.24) is 0 Å². The van der Waals surface area contributed by atoms with Crippen LogP contribution in [0.25, 0.3) is 0 Å². The highest BCUT2D eigenvalue weighted by Gasteiger charge is 2.01. The fraction of sp³-hybridized carbons (Fsp3) is 1.00. The van der Waals surface area contributed by atoms with Crippen LogP contribution >= 0.6 is 0 Å². The molecule has 0 saturated carbocycles. The third-order valence-electron chi connectivity index (χ3n) is 0.833. The first kappa shape index (κ1) is 7.85. The Hall–Kier alpha value is -0.150. The van der Waals surface area contributed by atoms with Gasteiger partial charge in [0.25, 0.3) is 0 Å². The number of methoxy groups -OCH3 is 1. The Kier molecular flexibility index (Phi) is 4.90. The Balaban J connectivity index is 2.86. The van der Waals surface area contributed by atoms with Gasteiger partial charge in [-0.2, -0.15) is 0 Å². The van der Waals surface area contributed by atoms with Gasteiger partial charge in [-0.1, -0.05) is 0 Å². The lowest BCUT2D eigenvalue weighted by molar-refractivity contribution is 0.121. The summed E-state index contributed by atoms with van der Waals surface area (Å²) >= 11 is 0. The Bertz CT molecular complexity index is 49.7. The van der Waals surface area contributed by atoms with E-state index in [2.05, 4.69) is 4.74 Å². The van der Waals surface area contributed by atoms with Crippen molar-refractivity contribution in [1.29, 1.82) is 0 Å². The molecule has 0 heterocycles. The van der Waals surface area contributed by atoms with Gasteiger partial charge in [0.05, 0.1) is 6.61 Å². The molecular formula is C5H11FO2. The van der Waals surface area contributed by atoms with E-state index in [9.17, 15) is 4.39 Å². The van der Waals surface area contributed by atoms with Crippen molar-refractivity contribution in [2.75, 3.05) is 20.3 Å². The second-order valence-electron chi connectivity index (χ2n) is 1.56. The van der Waals surface area contributed by atoms with Crippen LogP contribution in [0.5, 0.6) is 0 Å². The molecule has 0 aromatic rings. The second-order valence-corrected chi connectivity index (χ2v) is 1.56. The molecule has 0 aromatic carbocycles. The molecule has 0 aliphatic carbocycles. The van der Waals surface area contributed by atoms with Crippen molar-refractivity contribution in [3.8, 4) is 0 Å². The Labute approximate surface area is 48.3 Å². The van der Waals surface area contributed by atoms with Gasteiger partial charge in [-0.25, -0.2) is 4.39 Å². The van der Waals surface area contributed by atoms with Gasteiger partial charge in [0, 0.05) is 20.1 Å². The zero-order valence-electron chi connectivity index (χ0n) is 4.93. The van der Waals surface area contributed by atoms with Crippen LogP contribution in [0.3, 0.4) is 0 Å². The van der Waals surface area contributed by atoms with Crippen LogP contribution in [0.1, 0.15) is 6.42 Å². The molecule has 0 rings (SSSR count). The molecule has 3 heteroatoms. The highest BCUT2D eigenvalue weighted by molar-refractivity contribution is 4.50. The van der Waals surface area contributed by atoms with Crippen LogP contribution in [0.2, 0.25) is 0 Å². The standard InChI is InChI=1S/C5H11FO2/c1-8-3-2-5(6)4-7/h5,7H,2-4H2,1H3/t5-/m1/s1. The molecular weight excluding hydrogens is 111 g/mol. The predicted molar refractivity (Wildman–Crippen MR) is 28.5 cm³/mol. The number of aliphatic hydroxyl groups excluding tert-OH is 1. The fourth-order valence-corrected chi connectivity index (χ4v) is 0.337. The lowest BCUT2D eigenvalue weighted by Crippen LogP contribution is -2.08. The monoisotopic (exact) mass is 122 g/mol. The summed E-state index contributed by atoms with van der Waals surface area (Å²) in [6.07, 6.45) is -0.831. The number of rotatable bonds is 4. The molecule has 0 fully saturated rings. The fourth-order valence-electron chi connectivity index (χ4n) is 0.337. The number of alkyl halides is 1. The molecule has 8 heavy (non-hydrogen) atoms. The number of ether oxygens (including phenoxy) is 1. The smallest absolute Gasteiger partial charge is 0.125 e. The minimum Gasteiger partial charge on any atom is -0.393 e. The number of hydrogen-bond acceptors (Lipinski definition) is 2. The lowest BCUT2D eigenvalue weighted by atomic mass is 10.3. The lowest BCUT2D eigenvalue weighted by Gasteiger charge is -2.00. The number of halogens is 1. The molecule has 0 aliphatic heterocycles. The van der Waals surface area contributed by atoms with Crippen molar-refractivity contribution in [2.24, 2.45) is 0 Å². The van der Waals surface area contributed by atoms with E-state index in [-0.39, 0.29) is 6.42 Å². The van der Waals surface area contributed by atoms with Crippen LogP contribution in [-0.4, -0.2) is 31.6 Å². The maximum atomic E-state index is 12.0. The van der Waals surface area contributed by atoms with Gasteiger partial charge in [-0.15, -0.1) is 0 Å². The summed E-state index contributed by atoms with van der Waals surface area (Å²) in [5, 5.41) is 8.13. The molecule has 0 radical (unpaired) electrons. The summed E-state index contributed by atoms with van der Waals surface area (Å²) < 4.78 is 16.6. The maximum Gasteiger partial charge on any atom is 0.125 e. The van der Waals surface area contributed by atoms with E-state index in [0.717, 1.165) is 0 Å². The first-order chi connectivity index (χ1) is 3.81. The van der Waals surface area contributed by atoms with Gasteiger partial charge in [0.15, 0.2) is 0 Å². The van der Waals surface area contributed by atoms with E-state index < -0.39 is 12.8 Å². The Morgan fingerprint density at radius 3 is 2.75 bits per heavy atom. The highest BCUT2D eigenvalue weighted by atomic mass is 19.1. The van der Waals surface area contributed by atoms with Gasteiger partial charge >= 0.3 is 0 Å². The van der Waals surface area contributed by atoms with E-state index in [0.29, 0.717) is 6.61 Å². The predicted octanol–water partition coefficient (Wildman–Crippen LogP) is 0.353. The quantitative estimate of drug-likeness (QED) is 0.583. The number of aliphatic hydroxyl groups is 1. The average molecular weight is 122 g/mol. The van der Waals surface area contributed by atoms with Crippen LogP contribution in [0.15, 0.2) is 0 Å². The van der Waals surface area contributed by atoms with Gasteiger partial charge in [0.1, 0.15) is 6.17 Å². The molecule has 0 saturated heterocycles. The molecule has 1 atom stereocenters. The maximum absolute atomic E-state index is 12.0. The SMILES string of the molecule is COCC[C@@H](F)CO. The van der Waals surface area contributed by atoms with E-state index in [1.807, 2.05) is 0 Å². The van der Waals surface area contributed by atoms with E-state index in [1.165, 1.54) is 7.11 Å². The van der Waals surface area contributed by atoms with E-state index >= 15 is 0 Å². The average Bonchev–Trinajstić information content (AvgIpc) is 1.83. The van der Waals surface area contributed by atoms with Crippen LogP contribution < -0.4 is 0 Å². The van der Waals surface area contributed by atoms with Crippen LogP contribution in [0.4, 0.5) is 4.39 Å². The molecule has 50 valence electrons. The Morgan fingerprint density at radius 2 is 2.38 bits per heavy atom. The zero-order chi connectivity index (χ0) is 6.41. The zero-order valence-corrected chi connectivity index (χ0v) is 4.93. The molecule has 0 aliphatic rings. The molecule has 1 N–H and O–H groups in total. The summed E-state index contributed by atoms with van der Waals surface area (Å²) in [5.74, 6) is 0. The van der Waals surface area contributed by atoms with Gasteiger partial charge in [0.2, 0.25) is 0 Å². The summed E-state index contributed by atoms with van der Waals surface area (Å²) in [7, 11) is 1.50. The van der Waals surface area contributed by atoms with E-state index in [1.54, 1.807) is 0 Å². The van der Waals surface area contributed by atoms with Crippen molar-refractivity contribution in [3.05, 3.63) is 0 Å². The summed E-state index contributed by atoms with van der Waals surface area (Å²) in [6, 6.07) is 0. The van der Waals surface area contributed by atoms with Crippen LogP contribution in [0, 0.1) is 0 Å². The minimum absolute atomic E-state index is 0.285. The van der Waals surface area contributed by atoms with Gasteiger partial charge in [-0.05, 0) is 0 Å². The first-order valence-electron chi connectivity index (χ1n) is 2.55. The largest absolute Gasteiger partial charge is 0.393 e. The molecule has 0 unspecified atom stereocenters. The second kappa shape index (κ2) is 5.00. The molecule has 2 nitrogen and oxygen atoms in total. The first-order valence-corrected chi connectivity index (χ1v) is 2.55. The van der Waals surface area contributed by atoms with E-state index in [4.69, 9.17) is 5.11 Å². The van der Waals surface area contributed by atoms with Crippen molar-refractivity contribution in [2.45, 2.75) is 12.6 Å². The molecule has 0 amide bonds. The Morgan fingerprint density at radius 1 is 1.75 bits per heavy atom. The van der Waals surface area contributed by atoms with Crippen molar-refractivity contribution >= 4 is 0 Å². The summed E-state index contributed by atoms with van der Waals surface area (Å²) in [5.41, 5.74) is 0. The van der Waals surface area contributed by atoms with Gasteiger partial charge < -0.3 is 9.84 Å². The normalized spacial score (nSPS) is 13.9. The molecule has 0 spiro atoms.